The van der Waals surface area contributed by atoms with E-state index in [1.54, 1.807) is 0 Å². The summed E-state index contributed by atoms with van der Waals surface area (Å²) < 4.78 is 63.8. The molecule has 0 saturated heterocycles. The SMILES string of the molecule is FC(F)(F)C(F)(F)c1ccccc1-c1cnc[nH]1. The predicted octanol–water partition coefficient (Wildman–Crippen LogP) is 3.73. The molecule has 1 aromatic heterocycles. The highest BCUT2D eigenvalue weighted by atomic mass is 19.4. The van der Waals surface area contributed by atoms with E-state index in [-0.39, 0.29) is 11.3 Å². The van der Waals surface area contributed by atoms with Gasteiger partial charge in [-0.05, 0) is 0 Å². The van der Waals surface area contributed by atoms with Gasteiger partial charge in [-0.15, -0.1) is 0 Å². The van der Waals surface area contributed by atoms with Crippen molar-refractivity contribution in [1.82, 2.24) is 9.97 Å². The minimum absolute atomic E-state index is 0.106. The van der Waals surface area contributed by atoms with Crippen LogP contribution in [0.5, 0.6) is 0 Å². The lowest BCUT2D eigenvalue weighted by atomic mass is 9.99. The first-order chi connectivity index (χ1) is 8.34. The van der Waals surface area contributed by atoms with Gasteiger partial charge in [0.2, 0.25) is 0 Å². The zero-order chi connectivity index (χ0) is 13.4. The molecule has 0 unspecified atom stereocenters. The molecule has 2 aromatic rings. The van der Waals surface area contributed by atoms with E-state index in [9.17, 15) is 22.0 Å². The summed E-state index contributed by atoms with van der Waals surface area (Å²) in [7, 11) is 0. The summed E-state index contributed by atoms with van der Waals surface area (Å²) in [6.07, 6.45) is -3.24. The number of alkyl halides is 5. The van der Waals surface area contributed by atoms with Crippen LogP contribution in [0.25, 0.3) is 11.3 Å². The van der Waals surface area contributed by atoms with Gasteiger partial charge in [0.1, 0.15) is 0 Å². The average Bonchev–Trinajstić information content (AvgIpc) is 2.81. The van der Waals surface area contributed by atoms with Crippen LogP contribution in [0.4, 0.5) is 22.0 Å². The number of hydrogen-bond acceptors (Lipinski definition) is 1. The molecule has 1 N–H and O–H groups in total. The average molecular weight is 262 g/mol. The highest BCUT2D eigenvalue weighted by molar-refractivity contribution is 5.64. The summed E-state index contributed by atoms with van der Waals surface area (Å²) in [6, 6.07) is 4.45. The maximum atomic E-state index is 13.4. The van der Waals surface area contributed by atoms with Crippen LogP contribution in [0, 0.1) is 0 Å². The molecule has 0 aliphatic carbocycles. The van der Waals surface area contributed by atoms with Crippen LogP contribution in [0.3, 0.4) is 0 Å². The van der Waals surface area contributed by atoms with Gasteiger partial charge in [0, 0.05) is 11.1 Å². The van der Waals surface area contributed by atoms with Crippen molar-refractivity contribution >= 4 is 0 Å². The van der Waals surface area contributed by atoms with Gasteiger partial charge in [-0.3, -0.25) is 0 Å². The molecule has 0 spiro atoms. The molecule has 0 bridgehead atoms. The van der Waals surface area contributed by atoms with E-state index < -0.39 is 17.7 Å². The van der Waals surface area contributed by atoms with E-state index in [1.807, 2.05) is 0 Å². The van der Waals surface area contributed by atoms with Crippen molar-refractivity contribution < 1.29 is 22.0 Å². The Morgan fingerprint density at radius 2 is 1.67 bits per heavy atom. The Bertz CT molecular complexity index is 531. The zero-order valence-electron chi connectivity index (χ0n) is 8.80. The number of hydrogen-bond donors (Lipinski definition) is 1. The fraction of sp³-hybridized carbons (Fsp3) is 0.182. The Labute approximate surface area is 98.5 Å². The molecule has 0 radical (unpaired) electrons. The first-order valence-corrected chi connectivity index (χ1v) is 4.87. The summed E-state index contributed by atoms with van der Waals surface area (Å²) in [6.45, 7) is 0. The molecule has 1 aromatic carbocycles. The Morgan fingerprint density at radius 3 is 2.22 bits per heavy atom. The minimum Gasteiger partial charge on any atom is -0.345 e. The first-order valence-electron chi connectivity index (χ1n) is 4.87. The summed E-state index contributed by atoms with van der Waals surface area (Å²) >= 11 is 0. The van der Waals surface area contributed by atoms with Crippen LogP contribution in [0.2, 0.25) is 0 Å². The third-order valence-electron chi connectivity index (χ3n) is 2.41. The van der Waals surface area contributed by atoms with E-state index in [0.29, 0.717) is 0 Å². The molecule has 0 aliphatic heterocycles. The summed E-state index contributed by atoms with van der Waals surface area (Å²) in [5, 5.41) is 0. The van der Waals surface area contributed by atoms with Gasteiger partial charge in [0.15, 0.2) is 0 Å². The van der Waals surface area contributed by atoms with Crippen LogP contribution in [0.1, 0.15) is 5.56 Å². The van der Waals surface area contributed by atoms with Crippen LogP contribution < -0.4 is 0 Å². The predicted molar refractivity (Wildman–Crippen MR) is 54.0 cm³/mol. The number of aromatic nitrogens is 2. The molecule has 7 heteroatoms. The summed E-state index contributed by atoms with van der Waals surface area (Å²) in [4.78, 5) is 6.11. The molecule has 2 nitrogen and oxygen atoms in total. The fourth-order valence-corrected chi connectivity index (χ4v) is 1.55. The Balaban J connectivity index is 2.60. The van der Waals surface area contributed by atoms with Crippen LogP contribution in [0.15, 0.2) is 36.8 Å². The number of H-pyrrole nitrogens is 1. The number of nitrogens with one attached hydrogen (secondary N) is 1. The molecule has 0 saturated carbocycles. The lowest BCUT2D eigenvalue weighted by Crippen LogP contribution is -2.34. The molecule has 0 atom stereocenters. The van der Waals surface area contributed by atoms with Crippen molar-refractivity contribution in [1.29, 1.82) is 0 Å². The highest BCUT2D eigenvalue weighted by Crippen LogP contribution is 2.46. The molecule has 0 amide bonds. The minimum atomic E-state index is -5.64. The van der Waals surface area contributed by atoms with Crippen molar-refractivity contribution in [3.63, 3.8) is 0 Å². The van der Waals surface area contributed by atoms with Crippen LogP contribution >= 0.6 is 0 Å². The molecule has 0 fully saturated rings. The number of aromatic amines is 1. The van der Waals surface area contributed by atoms with Crippen molar-refractivity contribution in [2.75, 3.05) is 0 Å². The second kappa shape index (κ2) is 4.08. The normalized spacial score (nSPS) is 12.7. The van der Waals surface area contributed by atoms with Crippen molar-refractivity contribution in [2.45, 2.75) is 12.1 Å². The topological polar surface area (TPSA) is 28.7 Å². The maximum Gasteiger partial charge on any atom is 0.458 e. The number of halogens is 5. The van der Waals surface area contributed by atoms with E-state index >= 15 is 0 Å². The lowest BCUT2D eigenvalue weighted by Gasteiger charge is -2.22. The lowest BCUT2D eigenvalue weighted by molar-refractivity contribution is -0.289. The molecule has 18 heavy (non-hydrogen) atoms. The standard InChI is InChI=1S/C11H7F5N2/c12-10(13,11(14,15)16)8-4-2-1-3-7(8)9-5-17-6-18-9/h1-6H,(H,17,18). The second-order valence-electron chi connectivity index (χ2n) is 3.58. The molecular formula is C11H7F5N2. The van der Waals surface area contributed by atoms with Gasteiger partial charge in [-0.25, -0.2) is 4.98 Å². The molecular weight excluding hydrogens is 255 g/mol. The van der Waals surface area contributed by atoms with Crippen molar-refractivity contribution in [3.8, 4) is 11.3 Å². The van der Waals surface area contributed by atoms with Crippen LogP contribution in [-0.4, -0.2) is 16.1 Å². The number of imidazole rings is 1. The van der Waals surface area contributed by atoms with Gasteiger partial charge in [0.05, 0.1) is 18.2 Å². The number of benzene rings is 1. The van der Waals surface area contributed by atoms with Gasteiger partial charge in [-0.1, -0.05) is 24.3 Å². The Kier molecular flexibility index (Phi) is 2.84. The third-order valence-corrected chi connectivity index (χ3v) is 2.41. The molecule has 2 rings (SSSR count). The monoisotopic (exact) mass is 262 g/mol. The van der Waals surface area contributed by atoms with E-state index in [1.165, 1.54) is 24.7 Å². The van der Waals surface area contributed by atoms with E-state index in [2.05, 4.69) is 9.97 Å². The first kappa shape index (κ1) is 12.5. The Hall–Kier alpha value is -1.92. The second-order valence-corrected chi connectivity index (χ2v) is 3.58. The molecule has 0 aliphatic rings. The molecule has 1 heterocycles. The smallest absolute Gasteiger partial charge is 0.345 e. The van der Waals surface area contributed by atoms with Gasteiger partial charge < -0.3 is 4.98 Å². The van der Waals surface area contributed by atoms with Crippen LogP contribution in [-0.2, 0) is 5.92 Å². The maximum absolute atomic E-state index is 13.4. The third kappa shape index (κ3) is 1.96. The zero-order valence-corrected chi connectivity index (χ0v) is 8.80. The largest absolute Gasteiger partial charge is 0.458 e. The number of rotatable bonds is 2. The number of nitrogens with zero attached hydrogens (tertiary/aromatic N) is 1. The van der Waals surface area contributed by atoms with E-state index in [0.717, 1.165) is 12.1 Å². The van der Waals surface area contributed by atoms with Gasteiger partial charge >= 0.3 is 12.1 Å². The van der Waals surface area contributed by atoms with Gasteiger partial charge in [0.25, 0.3) is 0 Å². The Morgan fingerprint density at radius 1 is 1.00 bits per heavy atom. The molecule has 96 valence electrons. The summed E-state index contributed by atoms with van der Waals surface area (Å²) in [5.74, 6) is -4.91. The van der Waals surface area contributed by atoms with Crippen molar-refractivity contribution in [2.24, 2.45) is 0 Å². The van der Waals surface area contributed by atoms with Gasteiger partial charge in [-0.2, -0.15) is 22.0 Å². The summed E-state index contributed by atoms with van der Waals surface area (Å²) in [5.41, 5.74) is -1.21. The fourth-order valence-electron chi connectivity index (χ4n) is 1.55. The van der Waals surface area contributed by atoms with Crippen molar-refractivity contribution in [3.05, 3.63) is 42.4 Å². The highest BCUT2D eigenvalue weighted by Gasteiger charge is 2.59. The van der Waals surface area contributed by atoms with E-state index in [4.69, 9.17) is 0 Å². The quantitative estimate of drug-likeness (QED) is 0.821.